The van der Waals surface area contributed by atoms with Gasteiger partial charge in [-0.3, -0.25) is 19.7 Å². The van der Waals surface area contributed by atoms with Gasteiger partial charge in [0.15, 0.2) is 12.9 Å². The minimum absolute atomic E-state index is 0.0335. The van der Waals surface area contributed by atoms with Crippen molar-refractivity contribution in [1.82, 2.24) is 10.2 Å². The van der Waals surface area contributed by atoms with Crippen LogP contribution in [0.3, 0.4) is 0 Å². The predicted octanol–water partition coefficient (Wildman–Crippen LogP) is -0.850. The second-order valence-corrected chi connectivity index (χ2v) is 9.00. The number of amides is 2. The molecule has 0 aliphatic carbocycles. The fourth-order valence-corrected chi connectivity index (χ4v) is 4.46. The number of aliphatic hydroxyl groups is 4. The smallest absolute Gasteiger partial charge is 0.282 e. The van der Waals surface area contributed by atoms with Crippen molar-refractivity contribution in [3.8, 4) is 5.75 Å². The molecule has 1 aromatic carbocycles. The molecule has 5 N–H and O–H groups in total. The molecule has 1 aromatic rings. The number of rotatable bonds is 8. The topological polar surface area (TPSA) is 192 Å². The van der Waals surface area contributed by atoms with Crippen molar-refractivity contribution in [2.75, 3.05) is 19.8 Å². The maximum Gasteiger partial charge on any atom is 0.282 e. The number of nitrogens with zero attached hydrogens (tertiary/aromatic N) is 2. The zero-order chi connectivity index (χ0) is 25.9. The lowest BCUT2D eigenvalue weighted by Gasteiger charge is -2.40. The molecule has 0 saturated carbocycles. The zero-order valence-corrected chi connectivity index (χ0v) is 19.4. The quantitative estimate of drug-likeness (QED) is 0.223. The van der Waals surface area contributed by atoms with E-state index >= 15 is 0 Å². The molecule has 0 aromatic heterocycles. The Hall–Kier alpha value is -2.84. The van der Waals surface area contributed by atoms with Gasteiger partial charge in [-0.25, -0.2) is 0 Å². The Bertz CT molecular complexity index is 942. The van der Waals surface area contributed by atoms with E-state index in [1.54, 1.807) is 4.90 Å². The highest BCUT2D eigenvalue weighted by molar-refractivity contribution is 5.99. The molecule has 13 heteroatoms. The summed E-state index contributed by atoms with van der Waals surface area (Å²) in [5.41, 5.74) is -0.524. The van der Waals surface area contributed by atoms with E-state index < -0.39 is 60.6 Å². The summed E-state index contributed by atoms with van der Waals surface area (Å²) in [7, 11) is 0. The first-order chi connectivity index (χ1) is 16.5. The molecule has 35 heavy (non-hydrogen) atoms. The summed E-state index contributed by atoms with van der Waals surface area (Å²) < 4.78 is 10.4. The number of carbonyl (C=O) groups excluding carboxylic acids is 2. The molecular weight excluding hydrogens is 466 g/mol. The molecule has 0 bridgehead atoms. The maximum absolute atomic E-state index is 13.2. The standard InChI is InChI=1S/C22H31N3O10/c1-11(2)14-4-3-7-24(14)21(30)13-8-12(5-6-15(13)25(32)33)34-10-17(27)23-18-20(29)19(28)16(9-26)35-22(18)31/h5-6,8,11,14,16,18-20,22,26,28-29,31H,3-4,7,9-10H2,1-2H3,(H,23,27). The molecule has 2 fully saturated rings. The van der Waals surface area contributed by atoms with Gasteiger partial charge in [-0.1, -0.05) is 13.8 Å². The Morgan fingerprint density at radius 3 is 2.63 bits per heavy atom. The number of hydrogen-bond acceptors (Lipinski definition) is 10. The van der Waals surface area contributed by atoms with Crippen molar-refractivity contribution in [1.29, 1.82) is 0 Å². The molecule has 194 valence electrons. The first-order valence-electron chi connectivity index (χ1n) is 11.4. The monoisotopic (exact) mass is 497 g/mol. The largest absolute Gasteiger partial charge is 0.484 e. The lowest BCUT2D eigenvalue weighted by Crippen LogP contribution is -2.64. The van der Waals surface area contributed by atoms with E-state index in [1.165, 1.54) is 12.1 Å². The minimum atomic E-state index is -1.69. The normalized spacial score (nSPS) is 28.7. The Kier molecular flexibility index (Phi) is 8.61. The SMILES string of the molecule is CC(C)C1CCCN1C(=O)c1cc(OCC(=O)NC2C(O)OC(CO)C(O)C2O)ccc1[N+](=O)[O-]. The van der Waals surface area contributed by atoms with E-state index in [0.29, 0.717) is 6.54 Å². The average molecular weight is 498 g/mol. The molecule has 6 unspecified atom stereocenters. The van der Waals surface area contributed by atoms with Crippen LogP contribution in [0.5, 0.6) is 5.75 Å². The van der Waals surface area contributed by atoms with Gasteiger partial charge in [0.1, 0.15) is 35.7 Å². The first-order valence-corrected chi connectivity index (χ1v) is 11.4. The molecular formula is C22H31N3O10. The van der Waals surface area contributed by atoms with Crippen LogP contribution in [0, 0.1) is 16.0 Å². The molecule has 0 spiro atoms. The second-order valence-electron chi connectivity index (χ2n) is 9.00. The van der Waals surface area contributed by atoms with Gasteiger partial charge < -0.3 is 40.1 Å². The van der Waals surface area contributed by atoms with E-state index in [1.807, 2.05) is 13.8 Å². The number of aliphatic hydroxyl groups excluding tert-OH is 4. The summed E-state index contributed by atoms with van der Waals surface area (Å²) in [6.45, 7) is 3.20. The highest BCUT2D eigenvalue weighted by atomic mass is 16.6. The van der Waals surface area contributed by atoms with Gasteiger partial charge in [-0.05, 0) is 30.9 Å². The molecule has 2 saturated heterocycles. The highest BCUT2D eigenvalue weighted by Gasteiger charge is 2.44. The van der Waals surface area contributed by atoms with Crippen molar-refractivity contribution in [3.05, 3.63) is 33.9 Å². The highest BCUT2D eigenvalue weighted by Crippen LogP contribution is 2.30. The number of benzene rings is 1. The molecule has 6 atom stereocenters. The molecule has 2 heterocycles. The molecule has 0 radical (unpaired) electrons. The van der Waals surface area contributed by atoms with Crippen molar-refractivity contribution in [2.45, 2.75) is 63.4 Å². The summed E-state index contributed by atoms with van der Waals surface area (Å²) in [6.07, 6.45) is -4.45. The van der Waals surface area contributed by atoms with Crippen LogP contribution in [0.4, 0.5) is 5.69 Å². The van der Waals surface area contributed by atoms with Crippen molar-refractivity contribution in [2.24, 2.45) is 5.92 Å². The van der Waals surface area contributed by atoms with Crippen LogP contribution < -0.4 is 10.1 Å². The van der Waals surface area contributed by atoms with Gasteiger partial charge in [0.05, 0.1) is 11.5 Å². The Labute approximate surface area is 201 Å². The number of ether oxygens (including phenoxy) is 2. The zero-order valence-electron chi connectivity index (χ0n) is 19.4. The number of nitro benzene ring substituents is 1. The number of likely N-dealkylation sites (tertiary alicyclic amines) is 1. The first kappa shape index (κ1) is 26.8. The van der Waals surface area contributed by atoms with E-state index in [9.17, 15) is 35.0 Å². The van der Waals surface area contributed by atoms with Gasteiger partial charge in [0, 0.05) is 18.7 Å². The van der Waals surface area contributed by atoms with Crippen LogP contribution in [0.2, 0.25) is 0 Å². The van der Waals surface area contributed by atoms with Crippen LogP contribution in [0.15, 0.2) is 18.2 Å². The second kappa shape index (κ2) is 11.3. The summed E-state index contributed by atoms with van der Waals surface area (Å²) in [4.78, 5) is 38.0. The number of hydrogen-bond donors (Lipinski definition) is 5. The van der Waals surface area contributed by atoms with Gasteiger partial charge in [0.2, 0.25) is 0 Å². The van der Waals surface area contributed by atoms with Crippen LogP contribution >= 0.6 is 0 Å². The van der Waals surface area contributed by atoms with Gasteiger partial charge in [-0.15, -0.1) is 0 Å². The fourth-order valence-electron chi connectivity index (χ4n) is 4.46. The third-order valence-electron chi connectivity index (χ3n) is 6.32. The number of carbonyl (C=O) groups is 2. The number of nitrogens with one attached hydrogen (secondary N) is 1. The van der Waals surface area contributed by atoms with Crippen LogP contribution in [-0.2, 0) is 9.53 Å². The van der Waals surface area contributed by atoms with E-state index in [-0.39, 0.29) is 29.0 Å². The molecule has 13 nitrogen and oxygen atoms in total. The Balaban J connectivity index is 1.69. The molecule has 3 rings (SSSR count). The van der Waals surface area contributed by atoms with Crippen LogP contribution in [0.1, 0.15) is 37.0 Å². The summed E-state index contributed by atoms with van der Waals surface area (Å²) in [6, 6.07) is 2.19. The Morgan fingerprint density at radius 1 is 1.29 bits per heavy atom. The lowest BCUT2D eigenvalue weighted by molar-refractivity contribution is -0.385. The molecule has 2 aliphatic rings. The van der Waals surface area contributed by atoms with E-state index in [4.69, 9.17) is 14.6 Å². The van der Waals surface area contributed by atoms with Crippen LogP contribution in [0.25, 0.3) is 0 Å². The van der Waals surface area contributed by atoms with Crippen molar-refractivity contribution < 1.29 is 44.4 Å². The minimum Gasteiger partial charge on any atom is -0.484 e. The average Bonchev–Trinajstić information content (AvgIpc) is 3.32. The van der Waals surface area contributed by atoms with Crippen LogP contribution in [-0.4, -0.2) is 98.5 Å². The lowest BCUT2D eigenvalue weighted by atomic mass is 9.97. The van der Waals surface area contributed by atoms with E-state index in [0.717, 1.165) is 18.9 Å². The number of nitro groups is 1. The molecule has 2 aliphatic heterocycles. The van der Waals surface area contributed by atoms with Gasteiger partial charge in [0.25, 0.3) is 17.5 Å². The third-order valence-corrected chi connectivity index (χ3v) is 6.32. The predicted molar refractivity (Wildman–Crippen MR) is 119 cm³/mol. The Morgan fingerprint density at radius 2 is 2.00 bits per heavy atom. The maximum atomic E-state index is 13.2. The molecule has 2 amide bonds. The summed E-state index contributed by atoms with van der Waals surface area (Å²) in [5, 5.41) is 52.9. The van der Waals surface area contributed by atoms with E-state index in [2.05, 4.69) is 5.32 Å². The van der Waals surface area contributed by atoms with Crippen molar-refractivity contribution >= 4 is 17.5 Å². The third kappa shape index (κ3) is 5.87. The fraction of sp³-hybridized carbons (Fsp3) is 0.636. The van der Waals surface area contributed by atoms with Gasteiger partial charge in [-0.2, -0.15) is 0 Å². The van der Waals surface area contributed by atoms with Crippen molar-refractivity contribution in [3.63, 3.8) is 0 Å². The summed E-state index contributed by atoms with van der Waals surface area (Å²) >= 11 is 0. The van der Waals surface area contributed by atoms with Gasteiger partial charge >= 0.3 is 0 Å². The summed E-state index contributed by atoms with van der Waals surface area (Å²) in [5.74, 6) is -1.06.